The average molecular weight is 235 g/mol. The van der Waals surface area contributed by atoms with Gasteiger partial charge in [-0.1, -0.05) is 29.3 Å². The largest absolute Gasteiger partial charge is 0.396 e. The lowest BCUT2D eigenvalue weighted by Crippen LogP contribution is -2.13. The van der Waals surface area contributed by atoms with Crippen molar-refractivity contribution >= 4 is 23.2 Å². The summed E-state index contributed by atoms with van der Waals surface area (Å²) in [5, 5.41) is 18.8. The first-order valence-electron chi connectivity index (χ1n) is 4.33. The zero-order valence-electron chi connectivity index (χ0n) is 7.58. The van der Waals surface area contributed by atoms with Crippen molar-refractivity contribution < 1.29 is 10.2 Å². The molecular weight excluding hydrogens is 223 g/mol. The van der Waals surface area contributed by atoms with Gasteiger partial charge in [-0.2, -0.15) is 0 Å². The minimum absolute atomic E-state index is 0.0310. The van der Waals surface area contributed by atoms with Crippen molar-refractivity contribution in [2.24, 2.45) is 5.92 Å². The molecular formula is C10H12Cl2O2. The molecule has 2 N–H and O–H groups in total. The van der Waals surface area contributed by atoms with E-state index in [4.69, 9.17) is 33.4 Å². The van der Waals surface area contributed by atoms with Crippen molar-refractivity contribution in [3.63, 3.8) is 0 Å². The van der Waals surface area contributed by atoms with Gasteiger partial charge in [-0.05, 0) is 24.1 Å². The van der Waals surface area contributed by atoms with Crippen molar-refractivity contribution in [2.45, 2.75) is 6.42 Å². The van der Waals surface area contributed by atoms with E-state index < -0.39 is 0 Å². The van der Waals surface area contributed by atoms with E-state index in [9.17, 15) is 0 Å². The van der Waals surface area contributed by atoms with Crippen LogP contribution in [0.25, 0.3) is 0 Å². The number of aliphatic hydroxyl groups is 2. The molecule has 0 heterocycles. The topological polar surface area (TPSA) is 40.5 Å². The minimum Gasteiger partial charge on any atom is -0.396 e. The smallest absolute Gasteiger partial charge is 0.0595 e. The molecule has 14 heavy (non-hydrogen) atoms. The van der Waals surface area contributed by atoms with Gasteiger partial charge in [0.1, 0.15) is 0 Å². The molecule has 1 rings (SSSR count). The molecule has 1 aromatic rings. The van der Waals surface area contributed by atoms with E-state index in [-0.39, 0.29) is 19.1 Å². The SMILES string of the molecule is OCC(CO)Cc1ccc(Cl)c(Cl)c1. The summed E-state index contributed by atoms with van der Waals surface area (Å²) in [6.45, 7) is -0.0620. The van der Waals surface area contributed by atoms with E-state index in [1.807, 2.05) is 6.07 Å². The summed E-state index contributed by atoms with van der Waals surface area (Å²) in [6, 6.07) is 5.31. The Labute approximate surface area is 93.1 Å². The maximum absolute atomic E-state index is 8.89. The summed E-state index contributed by atoms with van der Waals surface area (Å²) in [4.78, 5) is 0. The molecule has 0 fully saturated rings. The van der Waals surface area contributed by atoms with Crippen molar-refractivity contribution in [3.05, 3.63) is 33.8 Å². The summed E-state index contributed by atoms with van der Waals surface area (Å²) in [5.74, 6) is -0.132. The lowest BCUT2D eigenvalue weighted by molar-refractivity contribution is 0.150. The summed E-state index contributed by atoms with van der Waals surface area (Å²) in [7, 11) is 0. The molecule has 78 valence electrons. The lowest BCUT2D eigenvalue weighted by atomic mass is 10.0. The van der Waals surface area contributed by atoms with E-state index in [1.165, 1.54) is 0 Å². The van der Waals surface area contributed by atoms with Crippen LogP contribution < -0.4 is 0 Å². The molecule has 1 aromatic carbocycles. The molecule has 0 aliphatic heterocycles. The van der Waals surface area contributed by atoms with Gasteiger partial charge in [0.05, 0.1) is 10.0 Å². The maximum Gasteiger partial charge on any atom is 0.0595 e. The van der Waals surface area contributed by atoms with Crippen LogP contribution in [0.2, 0.25) is 10.0 Å². The van der Waals surface area contributed by atoms with Gasteiger partial charge in [-0.3, -0.25) is 0 Å². The molecule has 0 unspecified atom stereocenters. The number of halogens is 2. The predicted octanol–water partition coefficient (Wildman–Crippen LogP) is 2.14. The molecule has 2 nitrogen and oxygen atoms in total. The standard InChI is InChI=1S/C10H12Cl2O2/c11-9-2-1-7(4-10(9)12)3-8(5-13)6-14/h1-2,4,8,13-14H,3,5-6H2. The second-order valence-electron chi connectivity index (χ2n) is 3.18. The fraction of sp³-hybridized carbons (Fsp3) is 0.400. The normalized spacial score (nSPS) is 10.9. The Hall–Kier alpha value is -0.280. The molecule has 0 saturated carbocycles. The predicted molar refractivity (Wildman–Crippen MR) is 57.8 cm³/mol. The van der Waals surface area contributed by atoms with Crippen molar-refractivity contribution in [1.29, 1.82) is 0 Å². The first-order valence-corrected chi connectivity index (χ1v) is 5.08. The highest BCUT2D eigenvalue weighted by Crippen LogP contribution is 2.23. The molecule has 0 aliphatic carbocycles. The third kappa shape index (κ3) is 3.14. The number of benzene rings is 1. The molecule has 0 aliphatic rings. The fourth-order valence-corrected chi connectivity index (χ4v) is 1.51. The Morgan fingerprint density at radius 1 is 1.07 bits per heavy atom. The zero-order chi connectivity index (χ0) is 10.6. The summed E-state index contributed by atoms with van der Waals surface area (Å²) in [5.41, 5.74) is 0.965. The number of aliphatic hydroxyl groups excluding tert-OH is 2. The van der Waals surface area contributed by atoms with Crippen LogP contribution in [0.5, 0.6) is 0 Å². The Balaban J connectivity index is 2.72. The van der Waals surface area contributed by atoms with Gasteiger partial charge >= 0.3 is 0 Å². The quantitative estimate of drug-likeness (QED) is 0.839. The zero-order valence-corrected chi connectivity index (χ0v) is 9.09. The Morgan fingerprint density at radius 3 is 2.21 bits per heavy atom. The summed E-state index contributed by atoms with van der Waals surface area (Å²) < 4.78 is 0. The number of rotatable bonds is 4. The van der Waals surface area contributed by atoms with Crippen LogP contribution in [-0.2, 0) is 6.42 Å². The van der Waals surface area contributed by atoms with E-state index >= 15 is 0 Å². The van der Waals surface area contributed by atoms with Crippen molar-refractivity contribution in [2.75, 3.05) is 13.2 Å². The molecule has 0 radical (unpaired) electrons. The second-order valence-corrected chi connectivity index (χ2v) is 4.00. The van der Waals surface area contributed by atoms with Gasteiger partial charge in [0.15, 0.2) is 0 Å². The number of hydrogen-bond donors (Lipinski definition) is 2. The molecule has 0 saturated heterocycles. The molecule has 0 atom stereocenters. The van der Waals surface area contributed by atoms with Crippen LogP contribution >= 0.6 is 23.2 Å². The van der Waals surface area contributed by atoms with Crippen LogP contribution in [0.1, 0.15) is 5.56 Å². The highest BCUT2D eigenvalue weighted by atomic mass is 35.5. The van der Waals surface area contributed by atoms with E-state index in [2.05, 4.69) is 0 Å². The third-order valence-electron chi connectivity index (χ3n) is 2.02. The molecule has 0 bridgehead atoms. The van der Waals surface area contributed by atoms with Gasteiger partial charge in [-0.15, -0.1) is 0 Å². The molecule has 4 heteroatoms. The first-order chi connectivity index (χ1) is 6.67. The lowest BCUT2D eigenvalue weighted by Gasteiger charge is -2.10. The maximum atomic E-state index is 8.89. The van der Waals surface area contributed by atoms with Gasteiger partial charge in [0.2, 0.25) is 0 Å². The second kappa shape index (κ2) is 5.56. The number of hydrogen-bond acceptors (Lipinski definition) is 2. The van der Waals surface area contributed by atoms with Crippen LogP contribution in [0.4, 0.5) is 0 Å². The highest BCUT2D eigenvalue weighted by molar-refractivity contribution is 6.42. The van der Waals surface area contributed by atoms with Crippen LogP contribution in [-0.4, -0.2) is 23.4 Å². The van der Waals surface area contributed by atoms with Crippen molar-refractivity contribution in [3.8, 4) is 0 Å². The van der Waals surface area contributed by atoms with E-state index in [1.54, 1.807) is 12.1 Å². The van der Waals surface area contributed by atoms with Crippen LogP contribution in [0, 0.1) is 5.92 Å². The first kappa shape index (κ1) is 11.8. The monoisotopic (exact) mass is 234 g/mol. The molecule has 0 aromatic heterocycles. The van der Waals surface area contributed by atoms with Gasteiger partial charge in [0, 0.05) is 19.1 Å². The Morgan fingerprint density at radius 2 is 1.71 bits per heavy atom. The minimum atomic E-state index is -0.132. The highest BCUT2D eigenvalue weighted by Gasteiger charge is 2.08. The van der Waals surface area contributed by atoms with E-state index in [0.717, 1.165) is 5.56 Å². The Kier molecular flexibility index (Phi) is 4.69. The third-order valence-corrected chi connectivity index (χ3v) is 2.76. The molecule has 0 amide bonds. The summed E-state index contributed by atoms with van der Waals surface area (Å²) in [6.07, 6.45) is 0.601. The fourth-order valence-electron chi connectivity index (χ4n) is 1.19. The van der Waals surface area contributed by atoms with Gasteiger partial charge in [-0.25, -0.2) is 0 Å². The summed E-state index contributed by atoms with van der Waals surface area (Å²) >= 11 is 11.6. The van der Waals surface area contributed by atoms with Crippen LogP contribution in [0.15, 0.2) is 18.2 Å². The van der Waals surface area contributed by atoms with E-state index in [0.29, 0.717) is 16.5 Å². The van der Waals surface area contributed by atoms with Gasteiger partial charge < -0.3 is 10.2 Å². The molecule has 0 spiro atoms. The Bertz CT molecular complexity index is 298. The van der Waals surface area contributed by atoms with Gasteiger partial charge in [0.25, 0.3) is 0 Å². The van der Waals surface area contributed by atoms with Crippen LogP contribution in [0.3, 0.4) is 0 Å². The van der Waals surface area contributed by atoms with Crippen molar-refractivity contribution in [1.82, 2.24) is 0 Å². The average Bonchev–Trinajstić information content (AvgIpc) is 2.19.